The summed E-state index contributed by atoms with van der Waals surface area (Å²) >= 11 is 0. The fourth-order valence-corrected chi connectivity index (χ4v) is 6.52. The molecule has 0 saturated carbocycles. The third-order valence-corrected chi connectivity index (χ3v) is 8.10. The highest BCUT2D eigenvalue weighted by atomic mass is 16.3. The summed E-state index contributed by atoms with van der Waals surface area (Å²) in [6.07, 6.45) is 9.00. The third kappa shape index (κ3) is 3.89. The number of rotatable bonds is 3. The number of nitrogens with zero attached hydrogens (tertiary/aromatic N) is 2. The van der Waals surface area contributed by atoms with Crippen LogP contribution in [0.2, 0.25) is 0 Å². The molecule has 0 radical (unpaired) electrons. The summed E-state index contributed by atoms with van der Waals surface area (Å²) in [4.78, 5) is 5.25. The highest BCUT2D eigenvalue weighted by molar-refractivity contribution is 6.18. The molecule has 190 valence electrons. The SMILES string of the molecule is C=CC1=NC2CC(=C)/[N+](C(C)C)=C(/C=C/C)c3c(ccc4c3oc3ccccc34)CCC2c2ccccc21. The minimum absolute atomic E-state index is 0.120. The lowest BCUT2D eigenvalue weighted by Crippen LogP contribution is -2.33. The van der Waals surface area contributed by atoms with E-state index in [4.69, 9.17) is 9.41 Å². The van der Waals surface area contributed by atoms with Crippen molar-refractivity contribution in [1.29, 1.82) is 0 Å². The van der Waals surface area contributed by atoms with Gasteiger partial charge >= 0.3 is 0 Å². The topological polar surface area (TPSA) is 28.5 Å². The van der Waals surface area contributed by atoms with Crippen LogP contribution in [0.1, 0.15) is 61.8 Å². The number of para-hydroxylation sites is 1. The van der Waals surface area contributed by atoms with E-state index < -0.39 is 0 Å². The molecule has 1 aromatic heterocycles. The number of benzene rings is 3. The molecule has 0 bridgehead atoms. The first-order chi connectivity index (χ1) is 18.5. The number of aryl methyl sites for hydroxylation is 1. The van der Waals surface area contributed by atoms with Gasteiger partial charge in [0.25, 0.3) is 0 Å². The van der Waals surface area contributed by atoms with Crippen LogP contribution in [0.4, 0.5) is 0 Å². The Kier molecular flexibility index (Phi) is 6.23. The molecule has 0 spiro atoms. The lowest BCUT2D eigenvalue weighted by molar-refractivity contribution is -0.511. The summed E-state index contributed by atoms with van der Waals surface area (Å²) in [6, 6.07) is 22.0. The predicted octanol–water partition coefficient (Wildman–Crippen LogP) is 8.36. The van der Waals surface area contributed by atoms with E-state index in [1.54, 1.807) is 0 Å². The normalized spacial score (nSPS) is 21.9. The summed E-state index contributed by atoms with van der Waals surface area (Å²) in [5, 5.41) is 2.32. The maximum Gasteiger partial charge on any atom is 0.216 e. The summed E-state index contributed by atoms with van der Waals surface area (Å²) < 4.78 is 9.01. The second kappa shape index (κ2) is 9.72. The summed E-state index contributed by atoms with van der Waals surface area (Å²) in [5.74, 6) is 0.308. The minimum Gasteiger partial charge on any atom is -0.455 e. The molecule has 0 saturated heterocycles. The van der Waals surface area contributed by atoms with Crippen molar-refractivity contribution in [2.24, 2.45) is 4.99 Å². The Morgan fingerprint density at radius 2 is 1.82 bits per heavy atom. The highest BCUT2D eigenvalue weighted by Gasteiger charge is 2.36. The van der Waals surface area contributed by atoms with Gasteiger partial charge in [0.2, 0.25) is 5.71 Å². The largest absolute Gasteiger partial charge is 0.455 e. The number of aliphatic imine (C=N–C) groups is 1. The van der Waals surface area contributed by atoms with E-state index in [-0.39, 0.29) is 12.1 Å². The number of fused-ring (bicyclic) bond motifs is 8. The van der Waals surface area contributed by atoms with Gasteiger partial charge in [-0.2, -0.15) is 4.58 Å². The van der Waals surface area contributed by atoms with Crippen molar-refractivity contribution in [3.63, 3.8) is 0 Å². The van der Waals surface area contributed by atoms with Crippen molar-refractivity contribution in [2.75, 3.05) is 0 Å². The van der Waals surface area contributed by atoms with Crippen molar-refractivity contribution in [1.82, 2.24) is 0 Å². The molecule has 6 rings (SSSR count). The Bertz CT molecular complexity index is 1680. The molecule has 3 heteroatoms. The van der Waals surface area contributed by atoms with Crippen molar-refractivity contribution in [3.8, 4) is 0 Å². The number of furan rings is 1. The summed E-state index contributed by atoms with van der Waals surface area (Å²) in [6.45, 7) is 15.3. The molecule has 0 N–H and O–H groups in total. The standard InChI is InChI=1S/C35H35N2O/c1-6-12-32-34-24(18-20-29-28-15-10-11-16-33(28)38-35(29)34)17-19-27-25-13-8-9-14-26(25)30(7-2)36-31(27)21-23(5)37(32)22(3)4/h6-16,18,20,22,27,31H,2,5,17,19,21H2,1,3-4H3/q+1/b12-6+,37-32-. The Morgan fingerprint density at radius 3 is 2.61 bits per heavy atom. The van der Waals surface area contributed by atoms with Gasteiger partial charge in [0.05, 0.1) is 23.7 Å². The molecule has 2 atom stereocenters. The molecule has 38 heavy (non-hydrogen) atoms. The smallest absolute Gasteiger partial charge is 0.216 e. The fraction of sp³-hybridized carbons (Fsp3) is 0.257. The van der Waals surface area contributed by atoms with Gasteiger partial charge in [-0.1, -0.05) is 67.3 Å². The molecule has 0 fully saturated rings. The van der Waals surface area contributed by atoms with Gasteiger partial charge in [0, 0.05) is 28.3 Å². The number of allylic oxidation sites excluding steroid dienone is 3. The lowest BCUT2D eigenvalue weighted by Gasteiger charge is -2.32. The van der Waals surface area contributed by atoms with Crippen LogP contribution < -0.4 is 0 Å². The van der Waals surface area contributed by atoms with Crippen LogP contribution in [-0.2, 0) is 6.42 Å². The van der Waals surface area contributed by atoms with Crippen LogP contribution in [0, 0.1) is 0 Å². The fourth-order valence-electron chi connectivity index (χ4n) is 6.52. The van der Waals surface area contributed by atoms with Crippen molar-refractivity contribution >= 4 is 33.4 Å². The highest BCUT2D eigenvalue weighted by Crippen LogP contribution is 2.40. The summed E-state index contributed by atoms with van der Waals surface area (Å²) in [5.41, 5.74) is 10.2. The second-order valence-electron chi connectivity index (χ2n) is 10.7. The molecule has 4 aromatic rings. The zero-order valence-electron chi connectivity index (χ0n) is 22.6. The van der Waals surface area contributed by atoms with E-state index >= 15 is 0 Å². The van der Waals surface area contributed by atoms with E-state index in [1.807, 2.05) is 12.1 Å². The van der Waals surface area contributed by atoms with E-state index in [9.17, 15) is 0 Å². The van der Waals surface area contributed by atoms with Crippen LogP contribution in [-0.4, -0.2) is 28.1 Å². The average Bonchev–Trinajstić information content (AvgIpc) is 3.30. The zero-order chi connectivity index (χ0) is 26.4. The predicted molar refractivity (Wildman–Crippen MR) is 160 cm³/mol. The quantitative estimate of drug-likeness (QED) is 0.260. The van der Waals surface area contributed by atoms with E-state index in [1.165, 1.54) is 22.3 Å². The van der Waals surface area contributed by atoms with E-state index in [2.05, 4.69) is 105 Å². The molecule has 3 nitrogen and oxygen atoms in total. The van der Waals surface area contributed by atoms with E-state index in [0.717, 1.165) is 58.3 Å². The Balaban J connectivity index is 1.64. The average molecular weight is 500 g/mol. The zero-order valence-corrected chi connectivity index (χ0v) is 22.6. The van der Waals surface area contributed by atoms with Gasteiger partial charge in [0.1, 0.15) is 11.2 Å². The molecule has 3 aromatic carbocycles. The first-order valence-electron chi connectivity index (χ1n) is 13.7. The van der Waals surface area contributed by atoms with Crippen LogP contribution >= 0.6 is 0 Å². The molecule has 2 aliphatic heterocycles. The van der Waals surface area contributed by atoms with Crippen LogP contribution in [0.3, 0.4) is 0 Å². The Labute approximate surface area is 225 Å². The van der Waals surface area contributed by atoms with Gasteiger partial charge < -0.3 is 4.42 Å². The van der Waals surface area contributed by atoms with Gasteiger partial charge in [-0.25, -0.2) is 0 Å². The molecular weight excluding hydrogens is 464 g/mol. The molecule has 2 unspecified atom stereocenters. The monoisotopic (exact) mass is 499 g/mol. The number of hydrogen-bond donors (Lipinski definition) is 0. The van der Waals surface area contributed by atoms with Gasteiger partial charge in [0.15, 0.2) is 11.7 Å². The van der Waals surface area contributed by atoms with Crippen molar-refractivity contribution in [3.05, 3.63) is 120 Å². The second-order valence-corrected chi connectivity index (χ2v) is 10.7. The Hall–Kier alpha value is -3.98. The van der Waals surface area contributed by atoms with Gasteiger partial charge in [-0.3, -0.25) is 4.99 Å². The molecule has 3 heterocycles. The first-order valence-corrected chi connectivity index (χ1v) is 13.7. The van der Waals surface area contributed by atoms with Crippen LogP contribution in [0.25, 0.3) is 21.9 Å². The first kappa shape index (κ1) is 24.4. The molecular formula is C35H35N2O+. The Morgan fingerprint density at radius 1 is 1.03 bits per heavy atom. The summed E-state index contributed by atoms with van der Waals surface area (Å²) in [7, 11) is 0. The number of hydrogen-bond acceptors (Lipinski definition) is 2. The van der Waals surface area contributed by atoms with Crippen LogP contribution in [0.5, 0.6) is 0 Å². The van der Waals surface area contributed by atoms with Crippen molar-refractivity contribution in [2.45, 2.75) is 58.0 Å². The van der Waals surface area contributed by atoms with E-state index in [0.29, 0.717) is 5.92 Å². The maximum atomic E-state index is 6.61. The third-order valence-electron chi connectivity index (χ3n) is 8.10. The maximum absolute atomic E-state index is 6.61. The van der Waals surface area contributed by atoms with Crippen LogP contribution in [0.15, 0.2) is 107 Å². The van der Waals surface area contributed by atoms with Crippen molar-refractivity contribution < 1.29 is 8.99 Å². The van der Waals surface area contributed by atoms with Gasteiger partial charge in [-0.15, -0.1) is 0 Å². The van der Waals surface area contributed by atoms with Gasteiger partial charge in [-0.05, 0) is 63.5 Å². The molecule has 0 aliphatic carbocycles. The lowest BCUT2D eigenvalue weighted by atomic mass is 9.78. The molecule has 0 amide bonds. The minimum atomic E-state index is 0.120. The molecule has 2 aliphatic rings.